The lowest BCUT2D eigenvalue weighted by molar-refractivity contribution is 0.0956. The van der Waals surface area contributed by atoms with Crippen LogP contribution in [0.4, 0.5) is 4.39 Å². The first-order valence-corrected chi connectivity index (χ1v) is 7.53. The normalized spacial score (nSPS) is 19.0. The van der Waals surface area contributed by atoms with Crippen LogP contribution < -0.4 is 5.43 Å². The Bertz CT molecular complexity index is 808. The van der Waals surface area contributed by atoms with Crippen LogP contribution in [-0.2, 0) is 6.42 Å². The van der Waals surface area contributed by atoms with Gasteiger partial charge in [-0.05, 0) is 45.0 Å². The lowest BCUT2D eigenvalue weighted by Crippen LogP contribution is -2.28. The number of hydrazone groups is 1. The zero-order valence-corrected chi connectivity index (χ0v) is 12.4. The number of carbonyl (C=O) groups excluding carboxylic acids is 1. The molecule has 1 aromatic heterocycles. The molecule has 22 heavy (non-hydrogen) atoms. The average molecular weight is 300 g/mol. The van der Waals surface area contributed by atoms with Gasteiger partial charge in [0.25, 0.3) is 5.91 Å². The van der Waals surface area contributed by atoms with E-state index in [4.69, 9.17) is 0 Å². The smallest absolute Gasteiger partial charge is 0.272 e. The largest absolute Gasteiger partial charge is 0.358 e. The quantitative estimate of drug-likeness (QED) is 0.782. The van der Waals surface area contributed by atoms with Crippen LogP contribution in [0.5, 0.6) is 0 Å². The number of aromatic nitrogens is 1. The van der Waals surface area contributed by atoms with Crippen molar-refractivity contribution in [2.24, 2.45) is 5.10 Å². The molecule has 0 unspecified atom stereocenters. The van der Waals surface area contributed by atoms with Crippen LogP contribution in [0.3, 0.4) is 0 Å². The molecule has 1 amide bonds. The Morgan fingerprint density at radius 1 is 1.32 bits per heavy atom. The van der Waals surface area contributed by atoms with Crippen LogP contribution in [0.2, 0.25) is 0 Å². The molecule has 0 bridgehead atoms. The molecule has 2 aliphatic heterocycles. The molecule has 5 nitrogen and oxygen atoms in total. The van der Waals surface area contributed by atoms with Gasteiger partial charge in [0.15, 0.2) is 0 Å². The fraction of sp³-hybridized carbons (Fsp3) is 0.375. The number of hydrogen-bond acceptors (Lipinski definition) is 3. The van der Waals surface area contributed by atoms with Gasteiger partial charge < -0.3 is 9.88 Å². The van der Waals surface area contributed by atoms with Crippen molar-refractivity contribution in [1.82, 2.24) is 15.3 Å². The molecule has 0 aliphatic carbocycles. The van der Waals surface area contributed by atoms with Crippen LogP contribution in [0.15, 0.2) is 17.2 Å². The summed E-state index contributed by atoms with van der Waals surface area (Å²) in [6, 6.07) is 2.75. The number of aryl methyl sites for hydroxylation is 1. The van der Waals surface area contributed by atoms with E-state index in [-0.39, 0.29) is 5.91 Å². The highest BCUT2D eigenvalue weighted by atomic mass is 19.1. The molecule has 0 saturated carbocycles. The first kappa shape index (κ1) is 13.5. The number of aromatic amines is 1. The third-order valence-corrected chi connectivity index (χ3v) is 4.40. The van der Waals surface area contributed by atoms with Gasteiger partial charge in [0.1, 0.15) is 5.82 Å². The molecule has 6 heteroatoms. The van der Waals surface area contributed by atoms with E-state index in [1.54, 1.807) is 0 Å². The maximum absolute atomic E-state index is 13.8. The van der Waals surface area contributed by atoms with Crippen molar-refractivity contribution in [3.05, 3.63) is 34.8 Å². The van der Waals surface area contributed by atoms with E-state index in [2.05, 4.69) is 27.5 Å². The standard InChI is InChI=1S/C16H17FN4O/c1-21-5-3-2-4-11-15-13(8-21)19-20-16(22)10-6-9(17)7-12(18-11)14(10)15/h6-7,18H,2-5,8H2,1H3,(H,20,22). The van der Waals surface area contributed by atoms with Crippen LogP contribution >= 0.6 is 0 Å². The summed E-state index contributed by atoms with van der Waals surface area (Å²) in [6.45, 7) is 1.66. The van der Waals surface area contributed by atoms with Gasteiger partial charge in [0.05, 0.1) is 16.8 Å². The molecular formula is C16H17FN4O. The predicted octanol–water partition coefficient (Wildman–Crippen LogP) is 2.02. The second kappa shape index (κ2) is 4.91. The summed E-state index contributed by atoms with van der Waals surface area (Å²) in [5, 5.41) is 5.10. The van der Waals surface area contributed by atoms with Crippen LogP contribution in [0, 0.1) is 5.82 Å². The number of benzene rings is 1. The highest BCUT2D eigenvalue weighted by molar-refractivity contribution is 6.20. The van der Waals surface area contributed by atoms with Gasteiger partial charge in [-0.25, -0.2) is 9.82 Å². The molecule has 0 saturated heterocycles. The molecule has 3 heterocycles. The highest BCUT2D eigenvalue weighted by Gasteiger charge is 2.27. The Hall–Kier alpha value is -2.21. The summed E-state index contributed by atoms with van der Waals surface area (Å²) < 4.78 is 13.8. The monoisotopic (exact) mass is 300 g/mol. The van der Waals surface area contributed by atoms with E-state index in [1.807, 2.05) is 0 Å². The minimum Gasteiger partial charge on any atom is -0.358 e. The predicted molar refractivity (Wildman–Crippen MR) is 82.7 cm³/mol. The molecule has 2 aromatic rings. The molecule has 0 spiro atoms. The molecule has 0 atom stereocenters. The van der Waals surface area contributed by atoms with Crippen molar-refractivity contribution in [2.45, 2.75) is 19.3 Å². The van der Waals surface area contributed by atoms with E-state index in [9.17, 15) is 9.18 Å². The van der Waals surface area contributed by atoms with E-state index >= 15 is 0 Å². The second-order valence-corrected chi connectivity index (χ2v) is 6.05. The van der Waals surface area contributed by atoms with Gasteiger partial charge in [0, 0.05) is 23.2 Å². The lowest BCUT2D eigenvalue weighted by atomic mass is 9.99. The van der Waals surface area contributed by atoms with Crippen LogP contribution in [0.1, 0.15) is 34.5 Å². The Morgan fingerprint density at radius 3 is 3.05 bits per heavy atom. The van der Waals surface area contributed by atoms with Crippen molar-refractivity contribution in [2.75, 3.05) is 20.1 Å². The van der Waals surface area contributed by atoms with E-state index in [1.165, 1.54) is 12.1 Å². The van der Waals surface area contributed by atoms with Crippen molar-refractivity contribution in [3.63, 3.8) is 0 Å². The van der Waals surface area contributed by atoms with Gasteiger partial charge in [0.2, 0.25) is 0 Å². The molecule has 1 aromatic carbocycles. The minimum atomic E-state index is -0.412. The first-order chi connectivity index (χ1) is 10.6. The lowest BCUT2D eigenvalue weighted by Gasteiger charge is -2.15. The summed E-state index contributed by atoms with van der Waals surface area (Å²) >= 11 is 0. The molecule has 0 fully saturated rings. The maximum atomic E-state index is 13.8. The van der Waals surface area contributed by atoms with E-state index < -0.39 is 5.82 Å². The Kier molecular flexibility index (Phi) is 3.00. The summed E-state index contributed by atoms with van der Waals surface area (Å²) in [4.78, 5) is 17.8. The minimum absolute atomic E-state index is 0.355. The topological polar surface area (TPSA) is 60.5 Å². The van der Waals surface area contributed by atoms with Crippen molar-refractivity contribution in [3.8, 4) is 0 Å². The van der Waals surface area contributed by atoms with E-state index in [0.29, 0.717) is 17.6 Å². The Morgan fingerprint density at radius 2 is 2.18 bits per heavy atom. The second-order valence-electron chi connectivity index (χ2n) is 6.05. The van der Waals surface area contributed by atoms with Crippen molar-refractivity contribution in [1.29, 1.82) is 0 Å². The van der Waals surface area contributed by atoms with Crippen molar-refractivity contribution >= 4 is 22.5 Å². The maximum Gasteiger partial charge on any atom is 0.272 e. The Balaban J connectivity index is 2.04. The average Bonchev–Trinajstić information content (AvgIpc) is 2.79. The van der Waals surface area contributed by atoms with Gasteiger partial charge in [-0.1, -0.05) is 0 Å². The number of carbonyl (C=O) groups is 1. The number of hydrogen-bond donors (Lipinski definition) is 2. The molecule has 2 N–H and O–H groups in total. The van der Waals surface area contributed by atoms with Gasteiger partial charge in [-0.2, -0.15) is 5.10 Å². The van der Waals surface area contributed by atoms with Gasteiger partial charge >= 0.3 is 0 Å². The summed E-state index contributed by atoms with van der Waals surface area (Å²) in [5.74, 6) is -0.768. The molecule has 4 rings (SSSR count). The number of likely N-dealkylation sites (N-methyl/N-ethyl adjacent to an activating group) is 1. The number of nitrogens with one attached hydrogen (secondary N) is 2. The van der Waals surface area contributed by atoms with Gasteiger partial charge in [-0.15, -0.1) is 0 Å². The zero-order chi connectivity index (χ0) is 15.3. The highest BCUT2D eigenvalue weighted by Crippen LogP contribution is 2.31. The fourth-order valence-electron chi connectivity index (χ4n) is 3.40. The summed E-state index contributed by atoms with van der Waals surface area (Å²) in [6.07, 6.45) is 3.04. The number of H-pyrrole nitrogens is 1. The fourth-order valence-corrected chi connectivity index (χ4v) is 3.40. The van der Waals surface area contributed by atoms with Crippen LogP contribution in [-0.4, -0.2) is 41.6 Å². The zero-order valence-electron chi connectivity index (χ0n) is 12.4. The molecule has 114 valence electrons. The van der Waals surface area contributed by atoms with E-state index in [0.717, 1.165) is 48.2 Å². The SMILES string of the molecule is CN1CCCCc2[nH]c3cc(F)cc4c3c2C(=NNC4=O)C1. The molecule has 2 aliphatic rings. The number of halogens is 1. The number of nitrogens with zero attached hydrogens (tertiary/aromatic N) is 2. The first-order valence-electron chi connectivity index (χ1n) is 7.53. The molecular weight excluding hydrogens is 283 g/mol. The molecule has 0 radical (unpaired) electrons. The third kappa shape index (κ3) is 2.02. The van der Waals surface area contributed by atoms with Gasteiger partial charge in [-0.3, -0.25) is 4.79 Å². The summed E-state index contributed by atoms with van der Waals surface area (Å²) in [7, 11) is 2.05. The summed E-state index contributed by atoms with van der Waals surface area (Å²) in [5.41, 5.74) is 6.44. The Labute approximate surface area is 127 Å². The number of rotatable bonds is 0. The van der Waals surface area contributed by atoms with Crippen LogP contribution in [0.25, 0.3) is 10.9 Å². The van der Waals surface area contributed by atoms with Crippen molar-refractivity contribution < 1.29 is 9.18 Å². The third-order valence-electron chi connectivity index (χ3n) is 4.40. The number of amides is 1.